The largest absolute Gasteiger partial charge is 0.495 e. The number of benzene rings is 2. The second-order valence-corrected chi connectivity index (χ2v) is 5.31. The average molecular weight is 363 g/mol. The highest BCUT2D eigenvalue weighted by Crippen LogP contribution is 2.29. The first-order valence-corrected chi connectivity index (χ1v) is 6.90. The predicted octanol–water partition coefficient (Wildman–Crippen LogP) is 5.00. The van der Waals surface area contributed by atoms with Gasteiger partial charge in [-0.3, -0.25) is 0 Å². The van der Waals surface area contributed by atoms with Crippen LogP contribution < -0.4 is 10.1 Å². The van der Waals surface area contributed by atoms with Crippen molar-refractivity contribution in [3.05, 3.63) is 57.0 Å². The van der Waals surface area contributed by atoms with E-state index in [2.05, 4.69) is 21.2 Å². The van der Waals surface area contributed by atoms with Gasteiger partial charge >= 0.3 is 0 Å². The van der Waals surface area contributed by atoms with E-state index in [1.165, 1.54) is 19.2 Å². The molecular weight excluding hydrogens is 352 g/mol. The van der Waals surface area contributed by atoms with Crippen molar-refractivity contribution in [1.82, 2.24) is 0 Å². The summed E-state index contributed by atoms with van der Waals surface area (Å²) in [5, 5.41) is 3.42. The van der Waals surface area contributed by atoms with Gasteiger partial charge in [-0.2, -0.15) is 0 Å². The summed E-state index contributed by atoms with van der Waals surface area (Å²) >= 11 is 8.92. The van der Waals surface area contributed by atoms with Crippen LogP contribution in [0.15, 0.2) is 34.8 Å². The van der Waals surface area contributed by atoms with Crippen LogP contribution in [0.4, 0.5) is 14.5 Å². The van der Waals surface area contributed by atoms with Crippen LogP contribution >= 0.6 is 27.5 Å². The molecular formula is C14H11BrClF2NO. The molecule has 0 amide bonds. The third-order valence-electron chi connectivity index (χ3n) is 2.76. The summed E-state index contributed by atoms with van der Waals surface area (Å²) in [5.74, 6) is -0.692. The minimum absolute atomic E-state index is 0.0200. The van der Waals surface area contributed by atoms with Gasteiger partial charge < -0.3 is 10.1 Å². The number of halogens is 4. The Hall–Kier alpha value is -1.33. The van der Waals surface area contributed by atoms with Crippen molar-refractivity contribution in [1.29, 1.82) is 0 Å². The van der Waals surface area contributed by atoms with E-state index in [0.717, 1.165) is 0 Å². The molecule has 0 aromatic heterocycles. The van der Waals surface area contributed by atoms with E-state index in [-0.39, 0.29) is 16.6 Å². The molecule has 0 heterocycles. The minimum atomic E-state index is -0.626. The fourth-order valence-corrected chi connectivity index (χ4v) is 2.28. The molecule has 2 nitrogen and oxygen atoms in total. The number of ether oxygens (including phenoxy) is 1. The first kappa shape index (κ1) is 15.1. The van der Waals surface area contributed by atoms with Crippen LogP contribution in [0.5, 0.6) is 5.75 Å². The Morgan fingerprint density at radius 2 is 2.00 bits per heavy atom. The van der Waals surface area contributed by atoms with Crippen LogP contribution in [-0.2, 0) is 6.54 Å². The molecule has 106 valence electrons. The molecule has 0 unspecified atom stereocenters. The SMILES string of the molecule is COc1ccc(Cl)cc1NCc1c(F)ccc(Br)c1F. The molecule has 0 aliphatic carbocycles. The molecule has 0 spiro atoms. The lowest BCUT2D eigenvalue weighted by Crippen LogP contribution is -2.06. The van der Waals surface area contributed by atoms with Gasteiger partial charge in [-0.15, -0.1) is 0 Å². The first-order chi connectivity index (χ1) is 9.52. The summed E-state index contributed by atoms with van der Waals surface area (Å²) in [6.07, 6.45) is 0. The van der Waals surface area contributed by atoms with Crippen molar-refractivity contribution < 1.29 is 13.5 Å². The summed E-state index contributed by atoms with van der Waals surface area (Å²) < 4.78 is 32.9. The maximum absolute atomic E-state index is 13.8. The predicted molar refractivity (Wildman–Crippen MR) is 79.4 cm³/mol. The molecule has 0 atom stereocenters. The van der Waals surface area contributed by atoms with Gasteiger partial charge in [-0.05, 0) is 46.3 Å². The lowest BCUT2D eigenvalue weighted by Gasteiger charge is -2.13. The molecule has 2 aromatic rings. The van der Waals surface area contributed by atoms with E-state index in [9.17, 15) is 8.78 Å². The molecule has 2 rings (SSSR count). The van der Waals surface area contributed by atoms with Gasteiger partial charge in [-0.25, -0.2) is 8.78 Å². The Balaban J connectivity index is 2.25. The number of methoxy groups -OCH3 is 1. The second kappa shape index (κ2) is 6.41. The number of nitrogens with one attached hydrogen (secondary N) is 1. The van der Waals surface area contributed by atoms with Crippen LogP contribution in [0.25, 0.3) is 0 Å². The zero-order valence-electron chi connectivity index (χ0n) is 10.5. The fraction of sp³-hybridized carbons (Fsp3) is 0.143. The third kappa shape index (κ3) is 3.22. The highest BCUT2D eigenvalue weighted by atomic mass is 79.9. The number of hydrogen-bond donors (Lipinski definition) is 1. The third-order valence-corrected chi connectivity index (χ3v) is 3.60. The summed E-state index contributed by atoms with van der Waals surface area (Å²) in [6, 6.07) is 7.52. The van der Waals surface area contributed by atoms with E-state index >= 15 is 0 Å². The van der Waals surface area contributed by atoms with Crippen molar-refractivity contribution in [2.24, 2.45) is 0 Å². The zero-order chi connectivity index (χ0) is 14.7. The van der Waals surface area contributed by atoms with Gasteiger partial charge in [0.15, 0.2) is 0 Å². The Morgan fingerprint density at radius 3 is 2.70 bits per heavy atom. The monoisotopic (exact) mass is 361 g/mol. The van der Waals surface area contributed by atoms with Crippen LogP contribution in [0, 0.1) is 11.6 Å². The molecule has 1 N–H and O–H groups in total. The standard InChI is InChI=1S/C14H11BrClF2NO/c1-20-13-5-2-8(16)6-12(13)19-7-9-11(17)4-3-10(15)14(9)18/h2-6,19H,7H2,1H3. The van der Waals surface area contributed by atoms with E-state index in [4.69, 9.17) is 16.3 Å². The Kier molecular flexibility index (Phi) is 4.83. The van der Waals surface area contributed by atoms with Crippen molar-refractivity contribution in [2.45, 2.75) is 6.54 Å². The van der Waals surface area contributed by atoms with Gasteiger partial charge in [0.2, 0.25) is 0 Å². The number of rotatable bonds is 4. The summed E-state index contributed by atoms with van der Waals surface area (Å²) in [7, 11) is 1.51. The molecule has 6 heteroatoms. The molecule has 0 aliphatic heterocycles. The van der Waals surface area contributed by atoms with E-state index < -0.39 is 11.6 Å². The van der Waals surface area contributed by atoms with Gasteiger partial charge in [0.25, 0.3) is 0 Å². The highest BCUT2D eigenvalue weighted by molar-refractivity contribution is 9.10. The Labute approximate surface area is 128 Å². The lowest BCUT2D eigenvalue weighted by atomic mass is 10.2. The topological polar surface area (TPSA) is 21.3 Å². The molecule has 20 heavy (non-hydrogen) atoms. The van der Waals surface area contributed by atoms with Crippen molar-refractivity contribution in [2.75, 3.05) is 12.4 Å². The highest BCUT2D eigenvalue weighted by Gasteiger charge is 2.13. The van der Waals surface area contributed by atoms with Gasteiger partial charge in [0.1, 0.15) is 17.4 Å². The molecule has 0 radical (unpaired) electrons. The maximum Gasteiger partial charge on any atom is 0.145 e. The molecule has 0 saturated heterocycles. The van der Waals surface area contributed by atoms with Crippen LogP contribution in [-0.4, -0.2) is 7.11 Å². The molecule has 0 bridgehead atoms. The zero-order valence-corrected chi connectivity index (χ0v) is 12.9. The Bertz CT molecular complexity index is 637. The second-order valence-electron chi connectivity index (χ2n) is 4.02. The minimum Gasteiger partial charge on any atom is -0.495 e. The van der Waals surface area contributed by atoms with Crippen LogP contribution in [0.3, 0.4) is 0 Å². The number of anilines is 1. The van der Waals surface area contributed by atoms with Gasteiger partial charge in [0.05, 0.1) is 17.3 Å². The first-order valence-electron chi connectivity index (χ1n) is 5.72. The van der Waals surface area contributed by atoms with Crippen LogP contribution in [0.2, 0.25) is 5.02 Å². The number of hydrogen-bond acceptors (Lipinski definition) is 2. The van der Waals surface area contributed by atoms with Crippen LogP contribution in [0.1, 0.15) is 5.56 Å². The normalized spacial score (nSPS) is 10.4. The fourth-order valence-electron chi connectivity index (χ4n) is 1.73. The summed E-state index contributed by atoms with van der Waals surface area (Å²) in [5.41, 5.74) is 0.514. The lowest BCUT2D eigenvalue weighted by molar-refractivity contribution is 0.416. The summed E-state index contributed by atoms with van der Waals surface area (Å²) in [6.45, 7) is -0.0200. The van der Waals surface area contributed by atoms with Crippen molar-refractivity contribution in [3.63, 3.8) is 0 Å². The van der Waals surface area contributed by atoms with E-state index in [1.807, 2.05) is 0 Å². The Morgan fingerprint density at radius 1 is 1.25 bits per heavy atom. The molecule has 0 fully saturated rings. The smallest absolute Gasteiger partial charge is 0.145 e. The van der Waals surface area contributed by atoms with Crippen molar-refractivity contribution >= 4 is 33.2 Å². The molecule has 0 saturated carbocycles. The van der Waals surface area contributed by atoms with Crippen molar-refractivity contribution in [3.8, 4) is 5.75 Å². The molecule has 0 aliphatic rings. The summed E-state index contributed by atoms with van der Waals surface area (Å²) in [4.78, 5) is 0. The molecule has 2 aromatic carbocycles. The van der Waals surface area contributed by atoms with Gasteiger partial charge in [-0.1, -0.05) is 11.6 Å². The van der Waals surface area contributed by atoms with E-state index in [1.54, 1.807) is 18.2 Å². The quantitative estimate of drug-likeness (QED) is 0.773. The maximum atomic E-state index is 13.8. The van der Waals surface area contributed by atoms with E-state index in [0.29, 0.717) is 16.5 Å². The van der Waals surface area contributed by atoms with Gasteiger partial charge in [0, 0.05) is 17.1 Å². The average Bonchev–Trinajstić information content (AvgIpc) is 2.43.